The van der Waals surface area contributed by atoms with Gasteiger partial charge in [0, 0.05) is 11.3 Å². The average Bonchev–Trinajstić information content (AvgIpc) is 3.16. The number of hydrogen-bond donors (Lipinski definition) is 2. The molecule has 0 aliphatic carbocycles. The average molecular weight is 386 g/mol. The van der Waals surface area contributed by atoms with Crippen molar-refractivity contribution in [1.82, 2.24) is 20.1 Å². The molecule has 1 atom stereocenters. The maximum atomic E-state index is 9.47. The summed E-state index contributed by atoms with van der Waals surface area (Å²) in [7, 11) is 1.49. The minimum absolute atomic E-state index is 0.0127. The normalized spacial score (nSPS) is 12.1. The first-order valence-electron chi connectivity index (χ1n) is 8.68. The second-order valence-corrected chi connectivity index (χ2v) is 6.39. The molecule has 1 unspecified atom stereocenters. The van der Waals surface area contributed by atoms with E-state index in [2.05, 4.69) is 20.1 Å². The number of aryl methyl sites for hydroxylation is 3. The third kappa shape index (κ3) is 4.26. The Hall–Kier alpha value is -3.04. The molecular formula is C19H22N4O5. The largest absolute Gasteiger partial charge is 0.490 e. The van der Waals surface area contributed by atoms with Crippen LogP contribution in [0.4, 0.5) is 0 Å². The number of ether oxygens (including phenoxy) is 2. The standard InChI is InChI=1S/C19H22N4O5/c1-10-5-13(6-11(2)16(10)27-9-14(25)8-24)17-22-18(28-23-17)15-7-12(3)20-19(21-15)26-4/h5-7,14,24-25H,8-9H2,1-4H3. The van der Waals surface area contributed by atoms with Crippen LogP contribution in [-0.4, -0.2) is 56.7 Å². The molecule has 0 aliphatic heterocycles. The molecule has 3 rings (SSSR count). The summed E-state index contributed by atoms with van der Waals surface area (Å²) in [6.45, 7) is 5.26. The topological polar surface area (TPSA) is 124 Å². The van der Waals surface area contributed by atoms with Crippen LogP contribution < -0.4 is 9.47 Å². The summed E-state index contributed by atoms with van der Waals surface area (Å²) in [6.07, 6.45) is -0.924. The van der Waals surface area contributed by atoms with Crippen LogP contribution in [0.5, 0.6) is 11.8 Å². The van der Waals surface area contributed by atoms with Gasteiger partial charge in [-0.25, -0.2) is 4.98 Å². The van der Waals surface area contributed by atoms with Gasteiger partial charge in [-0.15, -0.1) is 0 Å². The van der Waals surface area contributed by atoms with Gasteiger partial charge in [0.15, 0.2) is 0 Å². The molecule has 2 aromatic heterocycles. The van der Waals surface area contributed by atoms with Gasteiger partial charge < -0.3 is 24.2 Å². The Morgan fingerprint density at radius 1 is 1.07 bits per heavy atom. The van der Waals surface area contributed by atoms with E-state index in [-0.39, 0.29) is 25.1 Å². The SMILES string of the molecule is COc1nc(C)cc(-c2nc(-c3cc(C)c(OCC(O)CO)c(C)c3)no2)n1. The molecule has 1 aromatic carbocycles. The molecule has 0 radical (unpaired) electrons. The zero-order chi connectivity index (χ0) is 20.3. The number of aliphatic hydroxyl groups is 2. The van der Waals surface area contributed by atoms with E-state index in [1.165, 1.54) is 7.11 Å². The highest BCUT2D eigenvalue weighted by atomic mass is 16.5. The van der Waals surface area contributed by atoms with Crippen LogP contribution in [0.25, 0.3) is 23.0 Å². The van der Waals surface area contributed by atoms with Crippen molar-refractivity contribution in [2.45, 2.75) is 26.9 Å². The Morgan fingerprint density at radius 2 is 1.79 bits per heavy atom. The van der Waals surface area contributed by atoms with E-state index in [0.717, 1.165) is 22.4 Å². The monoisotopic (exact) mass is 386 g/mol. The van der Waals surface area contributed by atoms with Crippen LogP contribution in [0.3, 0.4) is 0 Å². The van der Waals surface area contributed by atoms with E-state index < -0.39 is 6.10 Å². The van der Waals surface area contributed by atoms with Crippen LogP contribution in [0.2, 0.25) is 0 Å². The maximum absolute atomic E-state index is 9.47. The Morgan fingerprint density at radius 3 is 2.43 bits per heavy atom. The Balaban J connectivity index is 1.88. The summed E-state index contributed by atoms with van der Waals surface area (Å²) in [5, 5.41) is 22.4. The molecule has 3 aromatic rings. The molecule has 148 valence electrons. The van der Waals surface area contributed by atoms with Crippen molar-refractivity contribution in [3.63, 3.8) is 0 Å². The first-order valence-corrected chi connectivity index (χ1v) is 8.68. The predicted octanol–water partition coefficient (Wildman–Crippen LogP) is 1.86. The molecule has 0 fully saturated rings. The fourth-order valence-electron chi connectivity index (χ4n) is 2.73. The van der Waals surface area contributed by atoms with Gasteiger partial charge in [-0.2, -0.15) is 9.97 Å². The summed E-state index contributed by atoms with van der Waals surface area (Å²) >= 11 is 0. The van der Waals surface area contributed by atoms with Gasteiger partial charge in [0.2, 0.25) is 5.82 Å². The van der Waals surface area contributed by atoms with Crippen molar-refractivity contribution in [3.8, 4) is 34.7 Å². The van der Waals surface area contributed by atoms with Crippen LogP contribution in [0, 0.1) is 20.8 Å². The van der Waals surface area contributed by atoms with Crippen LogP contribution in [0.15, 0.2) is 22.7 Å². The molecule has 0 bridgehead atoms. The van der Waals surface area contributed by atoms with E-state index in [0.29, 0.717) is 17.3 Å². The minimum Gasteiger partial charge on any atom is -0.490 e. The molecular weight excluding hydrogens is 364 g/mol. The second-order valence-electron chi connectivity index (χ2n) is 6.39. The lowest BCUT2D eigenvalue weighted by Crippen LogP contribution is -2.21. The maximum Gasteiger partial charge on any atom is 0.317 e. The van der Waals surface area contributed by atoms with Gasteiger partial charge >= 0.3 is 6.01 Å². The molecule has 0 amide bonds. The summed E-state index contributed by atoms with van der Waals surface area (Å²) in [5.41, 5.74) is 3.67. The Kier molecular flexibility index (Phi) is 5.86. The van der Waals surface area contributed by atoms with Crippen molar-refractivity contribution in [2.24, 2.45) is 0 Å². The molecule has 0 saturated heterocycles. The lowest BCUT2D eigenvalue weighted by atomic mass is 10.1. The molecule has 28 heavy (non-hydrogen) atoms. The van der Waals surface area contributed by atoms with Crippen molar-refractivity contribution >= 4 is 0 Å². The third-order valence-corrected chi connectivity index (χ3v) is 4.01. The number of aliphatic hydroxyl groups excluding tert-OH is 2. The van der Waals surface area contributed by atoms with Gasteiger partial charge in [-0.3, -0.25) is 0 Å². The van der Waals surface area contributed by atoms with Crippen molar-refractivity contribution in [2.75, 3.05) is 20.3 Å². The highest BCUT2D eigenvalue weighted by molar-refractivity contribution is 5.62. The van der Waals surface area contributed by atoms with Crippen molar-refractivity contribution in [3.05, 3.63) is 35.0 Å². The van der Waals surface area contributed by atoms with Crippen molar-refractivity contribution in [1.29, 1.82) is 0 Å². The van der Waals surface area contributed by atoms with Crippen LogP contribution in [-0.2, 0) is 0 Å². The highest BCUT2D eigenvalue weighted by Gasteiger charge is 2.16. The molecule has 0 aliphatic rings. The smallest absolute Gasteiger partial charge is 0.317 e. The van der Waals surface area contributed by atoms with Gasteiger partial charge in [0.1, 0.15) is 24.2 Å². The van der Waals surface area contributed by atoms with E-state index in [4.69, 9.17) is 19.1 Å². The summed E-state index contributed by atoms with van der Waals surface area (Å²) in [6, 6.07) is 5.70. The molecule has 9 nitrogen and oxygen atoms in total. The van der Waals surface area contributed by atoms with Gasteiger partial charge in [0.05, 0.1) is 13.7 Å². The molecule has 9 heteroatoms. The number of rotatable bonds is 7. The van der Waals surface area contributed by atoms with Crippen LogP contribution >= 0.6 is 0 Å². The fourth-order valence-corrected chi connectivity index (χ4v) is 2.73. The molecule has 2 N–H and O–H groups in total. The molecule has 2 heterocycles. The number of nitrogens with zero attached hydrogens (tertiary/aromatic N) is 4. The first kappa shape index (κ1) is 19.7. The number of benzene rings is 1. The van der Waals surface area contributed by atoms with Gasteiger partial charge in [0.25, 0.3) is 5.89 Å². The summed E-state index contributed by atoms with van der Waals surface area (Å²) < 4.78 is 16.1. The molecule has 0 saturated carbocycles. The summed E-state index contributed by atoms with van der Waals surface area (Å²) in [5.74, 6) is 1.33. The van der Waals surface area contributed by atoms with E-state index in [1.54, 1.807) is 6.07 Å². The van der Waals surface area contributed by atoms with E-state index in [9.17, 15) is 5.11 Å². The Labute approximate surface area is 162 Å². The van der Waals surface area contributed by atoms with E-state index in [1.807, 2.05) is 32.9 Å². The van der Waals surface area contributed by atoms with Crippen molar-refractivity contribution < 1.29 is 24.2 Å². The second kappa shape index (κ2) is 8.32. The lowest BCUT2D eigenvalue weighted by Gasteiger charge is -2.15. The van der Waals surface area contributed by atoms with E-state index >= 15 is 0 Å². The number of methoxy groups -OCH3 is 1. The first-order chi connectivity index (χ1) is 13.4. The Bertz CT molecular complexity index is 950. The fraction of sp³-hybridized carbons (Fsp3) is 0.368. The van der Waals surface area contributed by atoms with Crippen LogP contribution in [0.1, 0.15) is 16.8 Å². The lowest BCUT2D eigenvalue weighted by molar-refractivity contribution is 0.0532. The predicted molar refractivity (Wildman–Crippen MR) is 100 cm³/mol. The quantitative estimate of drug-likeness (QED) is 0.626. The summed E-state index contributed by atoms with van der Waals surface area (Å²) in [4.78, 5) is 12.8. The van der Waals surface area contributed by atoms with Gasteiger partial charge in [-0.05, 0) is 50.1 Å². The minimum atomic E-state index is -0.924. The van der Waals surface area contributed by atoms with Gasteiger partial charge in [-0.1, -0.05) is 5.16 Å². The zero-order valence-corrected chi connectivity index (χ0v) is 16.1. The molecule has 0 spiro atoms. The zero-order valence-electron chi connectivity index (χ0n) is 16.1. The number of hydrogen-bond acceptors (Lipinski definition) is 9. The number of aromatic nitrogens is 4. The third-order valence-electron chi connectivity index (χ3n) is 4.01. The highest BCUT2D eigenvalue weighted by Crippen LogP contribution is 2.30.